The lowest BCUT2D eigenvalue weighted by Crippen LogP contribution is -2.47. The highest BCUT2D eigenvalue weighted by Gasteiger charge is 2.46. The molecule has 1 aliphatic carbocycles. The monoisotopic (exact) mass is 491 g/mol. The maximum atomic E-state index is 12.6. The van der Waals surface area contributed by atoms with E-state index in [2.05, 4.69) is 39.3 Å². The van der Waals surface area contributed by atoms with Gasteiger partial charge in [0.05, 0.1) is 0 Å². The van der Waals surface area contributed by atoms with Crippen LogP contribution in [0.15, 0.2) is 35.9 Å². The summed E-state index contributed by atoms with van der Waals surface area (Å²) < 4.78 is 14.4. The van der Waals surface area contributed by atoms with Gasteiger partial charge in [0.15, 0.2) is 0 Å². The molecule has 1 aromatic carbocycles. The summed E-state index contributed by atoms with van der Waals surface area (Å²) in [5, 5.41) is 0. The molecule has 6 heteroatoms. The Morgan fingerprint density at radius 1 is 1.00 bits per heavy atom. The Kier molecular flexibility index (Phi) is 5.07. The summed E-state index contributed by atoms with van der Waals surface area (Å²) in [7, 11) is 0. The maximum absolute atomic E-state index is 12.6. The number of aryl methyl sites for hydroxylation is 1. The summed E-state index contributed by atoms with van der Waals surface area (Å²) in [4.78, 5) is 25.2. The molecule has 4 rings (SSSR count). The number of carbonyl (C=O) groups excluding carboxylic acids is 2. The van der Waals surface area contributed by atoms with Gasteiger partial charge in [0.2, 0.25) is 0 Å². The number of carbonyl (C=O) groups is 2. The number of benzene rings is 1. The molecule has 146 valence electrons. The minimum Gasteiger partial charge on any atom is -0.419 e. The van der Waals surface area contributed by atoms with Crippen LogP contribution in [-0.2, 0) is 19.1 Å². The third kappa shape index (κ3) is 3.50. The lowest BCUT2D eigenvalue weighted by atomic mass is 9.93. The second-order valence-electron chi connectivity index (χ2n) is 7.45. The Bertz CT molecular complexity index is 943. The predicted molar refractivity (Wildman–Crippen MR) is 114 cm³/mol. The summed E-state index contributed by atoms with van der Waals surface area (Å²) in [6.45, 7) is 3.97. The molecule has 0 radical (unpaired) electrons. The second kappa shape index (κ2) is 7.39. The van der Waals surface area contributed by atoms with E-state index in [-0.39, 0.29) is 5.57 Å². The number of ether oxygens (including phenoxy) is 2. The molecule has 0 atom stereocenters. The molecule has 0 unspecified atom stereocenters. The molecular weight excluding hydrogens is 469 g/mol. The first-order valence-electron chi connectivity index (χ1n) is 9.52. The largest absolute Gasteiger partial charge is 0.419 e. The smallest absolute Gasteiger partial charge is 0.348 e. The Morgan fingerprint density at radius 3 is 2.21 bits per heavy atom. The highest BCUT2D eigenvalue weighted by molar-refractivity contribution is 14.1. The van der Waals surface area contributed by atoms with Crippen LogP contribution in [0.25, 0.3) is 11.8 Å². The molecule has 28 heavy (non-hydrogen) atoms. The van der Waals surface area contributed by atoms with Crippen molar-refractivity contribution in [2.24, 2.45) is 0 Å². The van der Waals surface area contributed by atoms with E-state index in [0.29, 0.717) is 12.8 Å². The van der Waals surface area contributed by atoms with E-state index < -0.39 is 17.7 Å². The van der Waals surface area contributed by atoms with Crippen molar-refractivity contribution in [1.29, 1.82) is 0 Å². The van der Waals surface area contributed by atoms with Crippen LogP contribution in [0.5, 0.6) is 0 Å². The third-order valence-electron chi connectivity index (χ3n) is 5.47. The zero-order chi connectivity index (χ0) is 19.9. The Morgan fingerprint density at radius 2 is 1.61 bits per heavy atom. The Hall–Kier alpha value is -2.09. The fraction of sp³-hybridized carbons (Fsp3) is 0.364. The summed E-state index contributed by atoms with van der Waals surface area (Å²) in [5.41, 5.74) is 3.77. The molecule has 0 N–H and O–H groups in total. The van der Waals surface area contributed by atoms with Gasteiger partial charge in [-0.3, -0.25) is 0 Å². The zero-order valence-electron chi connectivity index (χ0n) is 16.0. The summed E-state index contributed by atoms with van der Waals surface area (Å²) >= 11 is 2.27. The van der Waals surface area contributed by atoms with Crippen molar-refractivity contribution in [1.82, 2.24) is 4.57 Å². The van der Waals surface area contributed by atoms with Gasteiger partial charge in [-0.1, -0.05) is 6.42 Å². The van der Waals surface area contributed by atoms with E-state index in [1.807, 2.05) is 32.0 Å². The van der Waals surface area contributed by atoms with Crippen LogP contribution < -0.4 is 0 Å². The number of hydrogen-bond acceptors (Lipinski definition) is 4. The average molecular weight is 491 g/mol. The molecule has 2 fully saturated rings. The van der Waals surface area contributed by atoms with Crippen molar-refractivity contribution in [3.05, 3.63) is 56.4 Å². The molecule has 1 spiro atoms. The number of aromatic nitrogens is 1. The van der Waals surface area contributed by atoms with E-state index >= 15 is 0 Å². The quantitative estimate of drug-likeness (QED) is 0.261. The fourth-order valence-electron chi connectivity index (χ4n) is 4.04. The molecule has 1 saturated heterocycles. The minimum absolute atomic E-state index is 0.0425. The molecule has 2 aromatic rings. The molecule has 0 amide bonds. The molecule has 1 aromatic heterocycles. The van der Waals surface area contributed by atoms with Crippen molar-refractivity contribution >= 4 is 40.6 Å². The number of halogens is 1. The van der Waals surface area contributed by atoms with Crippen LogP contribution in [0.2, 0.25) is 0 Å². The van der Waals surface area contributed by atoms with Crippen LogP contribution in [0, 0.1) is 17.4 Å². The SMILES string of the molecule is Cc1cc(C=C2C(=O)OC3(CCCCC3)OC2=O)c(C)n1-c1ccc(I)cc1. The van der Waals surface area contributed by atoms with E-state index in [9.17, 15) is 9.59 Å². The zero-order valence-corrected chi connectivity index (χ0v) is 18.1. The van der Waals surface area contributed by atoms with Crippen LogP contribution in [0.4, 0.5) is 0 Å². The van der Waals surface area contributed by atoms with Gasteiger partial charge in [0.25, 0.3) is 5.79 Å². The number of nitrogens with zero attached hydrogens (tertiary/aromatic N) is 1. The van der Waals surface area contributed by atoms with Crippen LogP contribution in [-0.4, -0.2) is 22.3 Å². The minimum atomic E-state index is -1.05. The van der Waals surface area contributed by atoms with E-state index in [1.54, 1.807) is 6.08 Å². The summed E-state index contributed by atoms with van der Waals surface area (Å²) in [5.74, 6) is -2.23. The highest BCUT2D eigenvalue weighted by atomic mass is 127. The molecule has 0 bridgehead atoms. The number of hydrogen-bond donors (Lipinski definition) is 0. The van der Waals surface area contributed by atoms with Gasteiger partial charge in [0.1, 0.15) is 5.57 Å². The van der Waals surface area contributed by atoms with Crippen LogP contribution in [0.1, 0.15) is 49.1 Å². The predicted octanol–water partition coefficient (Wildman–Crippen LogP) is 4.84. The highest BCUT2D eigenvalue weighted by Crippen LogP contribution is 2.37. The van der Waals surface area contributed by atoms with Gasteiger partial charge < -0.3 is 14.0 Å². The first kappa shape index (κ1) is 19.2. The van der Waals surface area contributed by atoms with Crippen molar-refractivity contribution in [3.8, 4) is 5.69 Å². The number of esters is 2. The van der Waals surface area contributed by atoms with Gasteiger partial charge in [-0.05, 0) is 91.3 Å². The lowest BCUT2D eigenvalue weighted by Gasteiger charge is -2.38. The van der Waals surface area contributed by atoms with Crippen molar-refractivity contribution in [3.63, 3.8) is 0 Å². The van der Waals surface area contributed by atoms with E-state index in [4.69, 9.17) is 9.47 Å². The first-order chi connectivity index (χ1) is 13.4. The lowest BCUT2D eigenvalue weighted by molar-refractivity contribution is -0.244. The fourth-order valence-corrected chi connectivity index (χ4v) is 4.40. The van der Waals surface area contributed by atoms with Crippen molar-refractivity contribution < 1.29 is 19.1 Å². The maximum Gasteiger partial charge on any atom is 0.348 e. The Balaban J connectivity index is 1.66. The first-order valence-corrected chi connectivity index (χ1v) is 10.6. The Labute approximate surface area is 177 Å². The standard InChI is InChI=1S/C22H22INO4/c1-14-12-16(15(2)24(14)18-8-6-17(23)7-9-18)13-19-20(25)27-22(28-21(19)26)10-4-3-5-11-22/h6-9,12-13H,3-5,10-11H2,1-2H3. The molecule has 2 heterocycles. The molecular formula is C22H22INO4. The van der Waals surface area contributed by atoms with Gasteiger partial charge in [0, 0.05) is 33.5 Å². The van der Waals surface area contributed by atoms with Gasteiger partial charge >= 0.3 is 11.9 Å². The third-order valence-corrected chi connectivity index (χ3v) is 6.19. The second-order valence-corrected chi connectivity index (χ2v) is 8.69. The molecule has 1 aliphatic heterocycles. The normalized spacial score (nSPS) is 18.8. The summed E-state index contributed by atoms with van der Waals surface area (Å²) in [6.07, 6.45) is 5.63. The van der Waals surface area contributed by atoms with E-state index in [0.717, 1.165) is 45.5 Å². The van der Waals surface area contributed by atoms with E-state index in [1.165, 1.54) is 0 Å². The number of rotatable bonds is 2. The van der Waals surface area contributed by atoms with Crippen molar-refractivity contribution in [2.45, 2.75) is 51.7 Å². The van der Waals surface area contributed by atoms with Gasteiger partial charge in [-0.15, -0.1) is 0 Å². The molecule has 1 saturated carbocycles. The van der Waals surface area contributed by atoms with Gasteiger partial charge in [-0.2, -0.15) is 0 Å². The van der Waals surface area contributed by atoms with Crippen LogP contribution >= 0.6 is 22.6 Å². The summed E-state index contributed by atoms with van der Waals surface area (Å²) in [6, 6.07) is 10.2. The topological polar surface area (TPSA) is 57.5 Å². The average Bonchev–Trinajstić information content (AvgIpc) is 2.93. The van der Waals surface area contributed by atoms with Crippen molar-refractivity contribution in [2.75, 3.05) is 0 Å². The molecule has 2 aliphatic rings. The van der Waals surface area contributed by atoms with Gasteiger partial charge in [-0.25, -0.2) is 9.59 Å². The van der Waals surface area contributed by atoms with Crippen LogP contribution in [0.3, 0.4) is 0 Å². The molecule has 5 nitrogen and oxygen atoms in total.